The molecule has 0 aromatic heterocycles. The van der Waals surface area contributed by atoms with Crippen LogP contribution in [0.2, 0.25) is 0 Å². The number of piperazine rings is 1. The zero-order chi connectivity index (χ0) is 16.7. The minimum Gasteiger partial charge on any atom is -0.383 e. The van der Waals surface area contributed by atoms with Gasteiger partial charge in [-0.3, -0.25) is 4.99 Å². The number of hydrogen-bond acceptors (Lipinski definition) is 3. The number of nitrogens with one attached hydrogen (secondary N) is 1. The van der Waals surface area contributed by atoms with E-state index in [1.54, 1.807) is 7.11 Å². The summed E-state index contributed by atoms with van der Waals surface area (Å²) in [5, 5.41) is 3.25. The van der Waals surface area contributed by atoms with Gasteiger partial charge in [-0.2, -0.15) is 0 Å². The van der Waals surface area contributed by atoms with Gasteiger partial charge in [0.25, 0.3) is 0 Å². The first-order valence-corrected chi connectivity index (χ1v) is 7.88. The lowest BCUT2D eigenvalue weighted by Crippen LogP contribution is -2.52. The topological polar surface area (TPSA) is 40.1 Å². The molecule has 0 unspecified atom stereocenters. The van der Waals surface area contributed by atoms with Crippen molar-refractivity contribution in [2.24, 2.45) is 4.99 Å². The number of benzene rings is 1. The lowest BCUT2D eigenvalue weighted by atomic mass is 10.2. The number of ether oxygens (including phenoxy) is 1. The molecule has 0 atom stereocenters. The fourth-order valence-electron chi connectivity index (χ4n) is 2.56. The van der Waals surface area contributed by atoms with Gasteiger partial charge in [-0.25, -0.2) is 8.78 Å². The van der Waals surface area contributed by atoms with E-state index in [0.29, 0.717) is 45.0 Å². The van der Waals surface area contributed by atoms with Crippen molar-refractivity contribution in [3.63, 3.8) is 0 Å². The molecule has 0 bridgehead atoms. The predicted octanol–water partition coefficient (Wildman–Crippen LogP) is 2.32. The molecule has 0 amide bonds. The van der Waals surface area contributed by atoms with Crippen LogP contribution in [0.1, 0.15) is 6.92 Å². The molecule has 1 saturated heterocycles. The molecular weight excluding hydrogens is 429 g/mol. The first-order chi connectivity index (χ1) is 11.2. The highest BCUT2D eigenvalue weighted by Gasteiger charge is 2.21. The highest BCUT2D eigenvalue weighted by molar-refractivity contribution is 14.0. The second-order valence-electron chi connectivity index (χ2n) is 5.30. The maximum atomic E-state index is 13.9. The molecule has 1 aromatic rings. The summed E-state index contributed by atoms with van der Waals surface area (Å²) in [7, 11) is 1.65. The quantitative estimate of drug-likeness (QED) is 0.321. The van der Waals surface area contributed by atoms with Crippen molar-refractivity contribution in [3.05, 3.63) is 29.8 Å². The van der Waals surface area contributed by atoms with Crippen LogP contribution in [-0.4, -0.2) is 63.8 Å². The number of methoxy groups -OCH3 is 1. The van der Waals surface area contributed by atoms with Gasteiger partial charge >= 0.3 is 0 Å². The zero-order valence-electron chi connectivity index (χ0n) is 14.1. The van der Waals surface area contributed by atoms with E-state index in [0.717, 1.165) is 18.6 Å². The summed E-state index contributed by atoms with van der Waals surface area (Å²) in [5.41, 5.74) is 0.325. The lowest BCUT2D eigenvalue weighted by molar-refractivity contribution is 0.207. The fourth-order valence-corrected chi connectivity index (χ4v) is 2.56. The SMILES string of the molecule is CCNC(=NCCOC)N1CCN(c2cc(F)ccc2F)CC1.I. The van der Waals surface area contributed by atoms with Crippen molar-refractivity contribution < 1.29 is 13.5 Å². The zero-order valence-corrected chi connectivity index (χ0v) is 16.4. The summed E-state index contributed by atoms with van der Waals surface area (Å²) >= 11 is 0. The molecule has 0 radical (unpaired) electrons. The van der Waals surface area contributed by atoms with Crippen molar-refractivity contribution in [3.8, 4) is 0 Å². The van der Waals surface area contributed by atoms with E-state index < -0.39 is 5.82 Å². The first-order valence-electron chi connectivity index (χ1n) is 7.88. The van der Waals surface area contributed by atoms with E-state index in [9.17, 15) is 8.78 Å². The van der Waals surface area contributed by atoms with E-state index in [2.05, 4.69) is 15.2 Å². The Morgan fingerprint density at radius 1 is 1.25 bits per heavy atom. The van der Waals surface area contributed by atoms with E-state index in [1.165, 1.54) is 12.1 Å². The molecule has 2 rings (SSSR count). The Kier molecular flexibility index (Phi) is 9.27. The van der Waals surface area contributed by atoms with Gasteiger partial charge in [0, 0.05) is 45.9 Å². The number of aliphatic imine (C=N–C) groups is 1. The van der Waals surface area contributed by atoms with Crippen molar-refractivity contribution >= 4 is 35.6 Å². The molecule has 0 saturated carbocycles. The number of hydrogen-bond donors (Lipinski definition) is 1. The number of rotatable bonds is 5. The lowest BCUT2D eigenvalue weighted by Gasteiger charge is -2.37. The minimum atomic E-state index is -0.418. The Bertz CT molecular complexity index is 537. The van der Waals surface area contributed by atoms with Crippen LogP contribution in [0.4, 0.5) is 14.5 Å². The van der Waals surface area contributed by atoms with Crippen LogP contribution < -0.4 is 10.2 Å². The van der Waals surface area contributed by atoms with Gasteiger partial charge in [-0.15, -0.1) is 24.0 Å². The molecule has 1 heterocycles. The maximum absolute atomic E-state index is 13.9. The predicted molar refractivity (Wildman–Crippen MR) is 103 cm³/mol. The van der Waals surface area contributed by atoms with Gasteiger partial charge in [0.15, 0.2) is 5.96 Å². The summed E-state index contributed by atoms with van der Waals surface area (Å²) < 4.78 is 32.2. The normalized spacial score (nSPS) is 15.2. The highest BCUT2D eigenvalue weighted by Crippen LogP contribution is 2.21. The molecule has 1 aromatic carbocycles. The van der Waals surface area contributed by atoms with Gasteiger partial charge < -0.3 is 19.9 Å². The van der Waals surface area contributed by atoms with Crippen LogP contribution >= 0.6 is 24.0 Å². The Morgan fingerprint density at radius 2 is 1.96 bits per heavy atom. The van der Waals surface area contributed by atoms with Gasteiger partial charge in [0.1, 0.15) is 11.6 Å². The molecule has 0 spiro atoms. The largest absolute Gasteiger partial charge is 0.383 e. The molecule has 136 valence electrons. The summed E-state index contributed by atoms with van der Waals surface area (Å²) in [6.45, 7) is 6.61. The van der Waals surface area contributed by atoms with Crippen LogP contribution in [0.3, 0.4) is 0 Å². The third-order valence-corrected chi connectivity index (χ3v) is 3.72. The third kappa shape index (κ3) is 5.73. The molecule has 8 heteroatoms. The molecule has 1 fully saturated rings. The Morgan fingerprint density at radius 3 is 2.58 bits per heavy atom. The molecule has 5 nitrogen and oxygen atoms in total. The molecule has 1 aliphatic rings. The summed E-state index contributed by atoms with van der Waals surface area (Å²) in [5.74, 6) is 0.0303. The number of nitrogens with zero attached hydrogens (tertiary/aromatic N) is 3. The highest BCUT2D eigenvalue weighted by atomic mass is 127. The van der Waals surface area contributed by atoms with Gasteiger partial charge in [0.05, 0.1) is 18.8 Å². The Hall–Kier alpha value is -1.16. The molecule has 1 N–H and O–H groups in total. The van der Waals surface area contributed by atoms with E-state index in [1.807, 2.05) is 11.8 Å². The van der Waals surface area contributed by atoms with Gasteiger partial charge in [-0.1, -0.05) is 0 Å². The van der Waals surface area contributed by atoms with Gasteiger partial charge in [0.2, 0.25) is 0 Å². The second-order valence-corrected chi connectivity index (χ2v) is 5.30. The molecule has 1 aliphatic heterocycles. The van der Waals surface area contributed by atoms with E-state index in [-0.39, 0.29) is 29.8 Å². The van der Waals surface area contributed by atoms with Crippen LogP contribution in [-0.2, 0) is 4.74 Å². The summed E-state index contributed by atoms with van der Waals surface area (Å²) in [6, 6.07) is 3.57. The molecule has 24 heavy (non-hydrogen) atoms. The number of guanidine groups is 1. The summed E-state index contributed by atoms with van der Waals surface area (Å²) in [4.78, 5) is 8.51. The fraction of sp³-hybridized carbons (Fsp3) is 0.562. The number of anilines is 1. The van der Waals surface area contributed by atoms with Crippen LogP contribution in [0.15, 0.2) is 23.2 Å². The van der Waals surface area contributed by atoms with E-state index in [4.69, 9.17) is 4.74 Å². The third-order valence-electron chi connectivity index (χ3n) is 3.72. The first kappa shape index (κ1) is 20.9. The van der Waals surface area contributed by atoms with Gasteiger partial charge in [-0.05, 0) is 19.1 Å². The Labute approximate surface area is 159 Å². The van der Waals surface area contributed by atoms with E-state index >= 15 is 0 Å². The second kappa shape index (κ2) is 10.7. The van der Waals surface area contributed by atoms with Crippen LogP contribution in [0, 0.1) is 11.6 Å². The number of halogens is 3. The van der Waals surface area contributed by atoms with Crippen molar-refractivity contribution in [1.29, 1.82) is 0 Å². The molecule has 0 aliphatic carbocycles. The summed E-state index contributed by atoms with van der Waals surface area (Å²) in [6.07, 6.45) is 0. The minimum absolute atomic E-state index is 0. The Balaban J connectivity index is 0.00000288. The standard InChI is InChI=1S/C16H24F2N4O.HI/c1-3-19-16(20-6-11-23-2)22-9-7-21(8-10-22)15-12-13(17)4-5-14(15)18;/h4-5,12H,3,6-11H2,1-2H3,(H,19,20);1H. The maximum Gasteiger partial charge on any atom is 0.194 e. The smallest absolute Gasteiger partial charge is 0.194 e. The average Bonchev–Trinajstić information content (AvgIpc) is 2.57. The average molecular weight is 454 g/mol. The monoisotopic (exact) mass is 454 g/mol. The molecular formula is C16H25F2IN4O. The van der Waals surface area contributed by atoms with Crippen LogP contribution in [0.5, 0.6) is 0 Å². The van der Waals surface area contributed by atoms with Crippen molar-refractivity contribution in [2.45, 2.75) is 6.92 Å². The van der Waals surface area contributed by atoms with Crippen LogP contribution in [0.25, 0.3) is 0 Å². The van der Waals surface area contributed by atoms with Crippen molar-refractivity contribution in [1.82, 2.24) is 10.2 Å². The van der Waals surface area contributed by atoms with Crippen molar-refractivity contribution in [2.75, 3.05) is 57.9 Å².